The second kappa shape index (κ2) is 6.91. The molecule has 0 radical (unpaired) electrons. The van der Waals surface area contributed by atoms with E-state index < -0.39 is 0 Å². The van der Waals surface area contributed by atoms with E-state index in [0.717, 1.165) is 12.1 Å². The molecule has 4 nitrogen and oxygen atoms in total. The minimum Gasteiger partial charge on any atom is -0.450 e. The molecule has 0 fully saturated rings. The number of nitrogens with zero attached hydrogens (tertiary/aromatic N) is 1. The predicted octanol–water partition coefficient (Wildman–Crippen LogP) is 1.99. The second-order valence-electron chi connectivity index (χ2n) is 4.08. The van der Waals surface area contributed by atoms with Crippen LogP contribution in [-0.4, -0.2) is 31.7 Å². The molecule has 94 valence electrons. The Morgan fingerprint density at radius 1 is 1.29 bits per heavy atom. The van der Waals surface area contributed by atoms with Crippen molar-refractivity contribution in [3.8, 4) is 0 Å². The SMILES string of the molecule is CCOC(=O)NCc1ccccc1CN(C)C. The Morgan fingerprint density at radius 2 is 1.94 bits per heavy atom. The van der Waals surface area contributed by atoms with Crippen molar-refractivity contribution in [1.82, 2.24) is 10.2 Å². The third-order valence-electron chi connectivity index (χ3n) is 2.30. The first-order chi connectivity index (χ1) is 8.13. The third kappa shape index (κ3) is 4.87. The summed E-state index contributed by atoms with van der Waals surface area (Å²) < 4.78 is 4.82. The molecule has 0 atom stereocenters. The van der Waals surface area contributed by atoms with Crippen LogP contribution in [0.1, 0.15) is 18.1 Å². The lowest BCUT2D eigenvalue weighted by Crippen LogP contribution is -2.24. The molecule has 17 heavy (non-hydrogen) atoms. The number of carbonyl (C=O) groups is 1. The van der Waals surface area contributed by atoms with Gasteiger partial charge in [-0.3, -0.25) is 0 Å². The van der Waals surface area contributed by atoms with Gasteiger partial charge in [0.2, 0.25) is 0 Å². The number of rotatable bonds is 5. The van der Waals surface area contributed by atoms with E-state index in [2.05, 4.69) is 16.3 Å². The van der Waals surface area contributed by atoms with Gasteiger partial charge in [-0.1, -0.05) is 24.3 Å². The molecule has 4 heteroatoms. The van der Waals surface area contributed by atoms with Gasteiger partial charge in [0.1, 0.15) is 0 Å². The first-order valence-electron chi connectivity index (χ1n) is 5.75. The average molecular weight is 236 g/mol. The molecule has 0 aliphatic heterocycles. The summed E-state index contributed by atoms with van der Waals surface area (Å²) in [7, 11) is 4.05. The topological polar surface area (TPSA) is 41.6 Å². The van der Waals surface area contributed by atoms with E-state index in [-0.39, 0.29) is 6.09 Å². The van der Waals surface area contributed by atoms with Crippen LogP contribution in [0, 0.1) is 0 Å². The zero-order valence-electron chi connectivity index (χ0n) is 10.7. The van der Waals surface area contributed by atoms with Crippen molar-refractivity contribution < 1.29 is 9.53 Å². The molecule has 0 unspecified atom stereocenters. The van der Waals surface area contributed by atoms with Gasteiger partial charge in [0, 0.05) is 13.1 Å². The normalized spacial score (nSPS) is 10.4. The molecule has 0 bridgehead atoms. The number of amides is 1. The zero-order chi connectivity index (χ0) is 12.7. The molecule has 1 aromatic rings. The largest absolute Gasteiger partial charge is 0.450 e. The quantitative estimate of drug-likeness (QED) is 0.850. The Bertz CT molecular complexity index is 364. The summed E-state index contributed by atoms with van der Waals surface area (Å²) in [5, 5.41) is 2.73. The lowest BCUT2D eigenvalue weighted by atomic mass is 10.1. The van der Waals surface area contributed by atoms with Gasteiger partial charge >= 0.3 is 6.09 Å². The minimum absolute atomic E-state index is 0.368. The number of ether oxygens (including phenoxy) is 1. The molecule has 0 saturated carbocycles. The number of carbonyl (C=O) groups excluding carboxylic acids is 1. The third-order valence-corrected chi connectivity index (χ3v) is 2.30. The van der Waals surface area contributed by atoms with Crippen molar-refractivity contribution in [2.24, 2.45) is 0 Å². The monoisotopic (exact) mass is 236 g/mol. The van der Waals surface area contributed by atoms with Crippen LogP contribution >= 0.6 is 0 Å². The highest BCUT2D eigenvalue weighted by atomic mass is 16.5. The van der Waals surface area contributed by atoms with Crippen molar-refractivity contribution >= 4 is 6.09 Å². The van der Waals surface area contributed by atoms with Crippen molar-refractivity contribution in [1.29, 1.82) is 0 Å². The number of benzene rings is 1. The lowest BCUT2D eigenvalue weighted by Gasteiger charge is -2.14. The molecular formula is C13H20N2O2. The summed E-state index contributed by atoms with van der Waals surface area (Å²) in [4.78, 5) is 13.3. The highest BCUT2D eigenvalue weighted by Crippen LogP contribution is 2.10. The Hall–Kier alpha value is -1.55. The van der Waals surface area contributed by atoms with E-state index in [1.807, 2.05) is 32.3 Å². The second-order valence-corrected chi connectivity index (χ2v) is 4.08. The minimum atomic E-state index is -0.368. The fourth-order valence-corrected chi connectivity index (χ4v) is 1.57. The summed E-state index contributed by atoms with van der Waals surface area (Å²) in [6.07, 6.45) is -0.368. The van der Waals surface area contributed by atoms with Crippen molar-refractivity contribution in [2.45, 2.75) is 20.0 Å². The van der Waals surface area contributed by atoms with E-state index in [1.54, 1.807) is 6.92 Å². The van der Waals surface area contributed by atoms with Crippen LogP contribution in [0.15, 0.2) is 24.3 Å². The van der Waals surface area contributed by atoms with Gasteiger partial charge in [-0.05, 0) is 32.1 Å². The Kier molecular flexibility index (Phi) is 5.49. The molecule has 0 heterocycles. The van der Waals surface area contributed by atoms with Crippen LogP contribution in [0.2, 0.25) is 0 Å². The van der Waals surface area contributed by atoms with Gasteiger partial charge < -0.3 is 15.0 Å². The highest BCUT2D eigenvalue weighted by Gasteiger charge is 2.05. The number of hydrogen-bond donors (Lipinski definition) is 1. The van der Waals surface area contributed by atoms with Crippen molar-refractivity contribution in [3.05, 3.63) is 35.4 Å². The molecule has 0 saturated heterocycles. The van der Waals surface area contributed by atoms with E-state index >= 15 is 0 Å². The fourth-order valence-electron chi connectivity index (χ4n) is 1.57. The number of hydrogen-bond acceptors (Lipinski definition) is 3. The Labute approximate surface area is 103 Å². The summed E-state index contributed by atoms with van der Waals surface area (Å²) in [6.45, 7) is 3.55. The van der Waals surface area contributed by atoms with Crippen LogP contribution < -0.4 is 5.32 Å². The molecule has 1 aromatic carbocycles. The molecule has 0 aliphatic carbocycles. The molecule has 0 spiro atoms. The molecule has 0 aliphatic rings. The Balaban J connectivity index is 2.60. The summed E-state index contributed by atoms with van der Waals surface area (Å²) in [6, 6.07) is 8.07. The van der Waals surface area contributed by atoms with Crippen LogP contribution in [0.5, 0.6) is 0 Å². The standard InChI is InChI=1S/C13H20N2O2/c1-4-17-13(16)14-9-11-7-5-6-8-12(11)10-15(2)3/h5-8H,4,9-10H2,1-3H3,(H,14,16). The van der Waals surface area contributed by atoms with Gasteiger partial charge in [-0.2, -0.15) is 0 Å². The first-order valence-corrected chi connectivity index (χ1v) is 5.75. The first kappa shape index (κ1) is 13.5. The maximum atomic E-state index is 11.2. The van der Waals surface area contributed by atoms with Crippen molar-refractivity contribution in [3.63, 3.8) is 0 Å². The summed E-state index contributed by atoms with van der Waals surface area (Å²) in [5.74, 6) is 0. The van der Waals surface area contributed by atoms with Crippen LogP contribution in [-0.2, 0) is 17.8 Å². The maximum absolute atomic E-state index is 11.2. The molecule has 1 rings (SSSR count). The predicted molar refractivity (Wildman–Crippen MR) is 67.7 cm³/mol. The summed E-state index contributed by atoms with van der Waals surface area (Å²) >= 11 is 0. The average Bonchev–Trinajstić information content (AvgIpc) is 2.27. The van der Waals surface area contributed by atoms with E-state index in [0.29, 0.717) is 13.2 Å². The smallest absolute Gasteiger partial charge is 0.407 e. The van der Waals surface area contributed by atoms with Crippen LogP contribution in [0.25, 0.3) is 0 Å². The molecule has 1 N–H and O–H groups in total. The molecule has 0 aromatic heterocycles. The molecular weight excluding hydrogens is 216 g/mol. The zero-order valence-corrected chi connectivity index (χ0v) is 10.7. The van der Waals surface area contributed by atoms with Crippen LogP contribution in [0.4, 0.5) is 4.79 Å². The highest BCUT2D eigenvalue weighted by molar-refractivity contribution is 5.67. The van der Waals surface area contributed by atoms with Gasteiger partial charge in [0.15, 0.2) is 0 Å². The maximum Gasteiger partial charge on any atom is 0.407 e. The van der Waals surface area contributed by atoms with E-state index in [1.165, 1.54) is 5.56 Å². The van der Waals surface area contributed by atoms with Crippen LogP contribution in [0.3, 0.4) is 0 Å². The van der Waals surface area contributed by atoms with Gasteiger partial charge in [-0.25, -0.2) is 4.79 Å². The van der Waals surface area contributed by atoms with Gasteiger partial charge in [0.25, 0.3) is 0 Å². The van der Waals surface area contributed by atoms with Gasteiger partial charge in [0.05, 0.1) is 6.61 Å². The Morgan fingerprint density at radius 3 is 2.53 bits per heavy atom. The lowest BCUT2D eigenvalue weighted by molar-refractivity contribution is 0.151. The summed E-state index contributed by atoms with van der Waals surface area (Å²) in [5.41, 5.74) is 2.34. The number of alkyl carbamates (subject to hydrolysis) is 1. The van der Waals surface area contributed by atoms with Gasteiger partial charge in [-0.15, -0.1) is 0 Å². The molecule has 1 amide bonds. The van der Waals surface area contributed by atoms with Crippen molar-refractivity contribution in [2.75, 3.05) is 20.7 Å². The fraction of sp³-hybridized carbons (Fsp3) is 0.462. The number of nitrogens with one attached hydrogen (secondary N) is 1. The van der Waals surface area contributed by atoms with E-state index in [9.17, 15) is 4.79 Å². The van der Waals surface area contributed by atoms with E-state index in [4.69, 9.17) is 4.74 Å².